The van der Waals surface area contributed by atoms with Crippen LogP contribution in [-0.4, -0.2) is 181 Å². The van der Waals surface area contributed by atoms with E-state index in [4.69, 9.17) is 42.6 Å². The van der Waals surface area contributed by atoms with Gasteiger partial charge in [-0.3, -0.25) is 19.2 Å². The van der Waals surface area contributed by atoms with Gasteiger partial charge < -0.3 is 78.4 Å². The number of hydrogen-bond acceptors (Lipinski definition) is 23. The number of ether oxygens (including phenoxy) is 9. The van der Waals surface area contributed by atoms with Crippen LogP contribution in [-0.2, 0) is 76.2 Å². The molecular weight excluding hydrogens is 1200 g/mol. The van der Waals surface area contributed by atoms with Crippen LogP contribution in [0.1, 0.15) is 160 Å². The van der Waals surface area contributed by atoms with Gasteiger partial charge in [0.1, 0.15) is 23.4 Å². The van der Waals surface area contributed by atoms with Crippen molar-refractivity contribution in [1.82, 2.24) is 0 Å². The number of rotatable bonds is 11. The van der Waals surface area contributed by atoms with E-state index in [1.54, 1.807) is 58.9 Å². The van der Waals surface area contributed by atoms with E-state index >= 15 is 0 Å². The second kappa shape index (κ2) is 28.3. The molecule has 4 aliphatic carbocycles. The van der Waals surface area contributed by atoms with Crippen LogP contribution in [0, 0.1) is 39.9 Å². The smallest absolute Gasteiger partial charge is 0.331 e. The van der Waals surface area contributed by atoms with Gasteiger partial charge in [-0.05, 0) is 68.6 Å². The molecule has 6 bridgehead atoms. The van der Waals surface area contributed by atoms with E-state index in [0.29, 0.717) is 23.1 Å². The first-order valence-electron chi connectivity index (χ1n) is 32.0. The Hall–Kier alpha value is -5.73. The van der Waals surface area contributed by atoms with Crippen molar-refractivity contribution in [2.24, 2.45) is 39.9 Å². The van der Waals surface area contributed by atoms with E-state index in [-0.39, 0.29) is 92.5 Å². The number of Topliss-reactive ketones (excluding diaryl/α,β-unsaturated/α-hetero) is 1. The fourth-order valence-electron chi connectivity index (χ4n) is 15.4. The minimum absolute atomic E-state index is 0.0000834. The van der Waals surface area contributed by atoms with Crippen LogP contribution in [0.2, 0.25) is 0 Å². The average molecular weight is 1300 g/mol. The largest absolute Gasteiger partial charge is 0.466 e. The van der Waals surface area contributed by atoms with E-state index < -0.39 is 142 Å². The first-order chi connectivity index (χ1) is 42.8. The van der Waals surface area contributed by atoms with Gasteiger partial charge in [0.15, 0.2) is 17.7 Å². The van der Waals surface area contributed by atoms with Crippen molar-refractivity contribution in [3.05, 3.63) is 83.1 Å². The van der Waals surface area contributed by atoms with Crippen molar-refractivity contribution < 1.29 is 112 Å². The van der Waals surface area contributed by atoms with Crippen LogP contribution >= 0.6 is 0 Å². The second-order valence-corrected chi connectivity index (χ2v) is 28.2. The number of allylic oxidation sites excluding steroid dienone is 3. The van der Waals surface area contributed by atoms with E-state index in [1.165, 1.54) is 40.0 Å². The van der Waals surface area contributed by atoms with Gasteiger partial charge >= 0.3 is 35.8 Å². The lowest BCUT2D eigenvalue weighted by molar-refractivity contribution is -0.348. The van der Waals surface area contributed by atoms with Crippen LogP contribution in [0.5, 0.6) is 0 Å². The molecule has 4 heterocycles. The SMILES string of the molecule is CC(=O)O[C@@]12C[C@@H](C)[C@@]3(O)[C@@H](C=C(CO)C[C@]4(O)C(=O)C(C)=C[C@@H]34)[C@@H]1C2(C)C.CCC/C=C/C=C/C(=O)O[C@H]1/C(=C/C(=O)OC)C[C@H]2C[C@H]([C@@H](C)O)OC(=O)C[C@H](O)C[C@@H]3C[C@H](OC(C)=O)C(C)(C)[C@](O)(C[C@@H]4C/C(=C/C(=O)OC)CC(/C=C\C(C)(C)[C@]1(O)O2)O4)O3. The summed E-state index contributed by atoms with van der Waals surface area (Å²) in [5.74, 6) is -10.7. The summed E-state index contributed by atoms with van der Waals surface area (Å²) in [5, 5.41) is 80.9. The van der Waals surface area contributed by atoms with E-state index in [9.17, 15) is 69.3 Å². The summed E-state index contributed by atoms with van der Waals surface area (Å²) in [4.78, 5) is 89.3. The van der Waals surface area contributed by atoms with Crippen molar-refractivity contribution >= 4 is 41.6 Å². The Morgan fingerprint density at radius 1 is 0.793 bits per heavy atom. The lowest BCUT2D eigenvalue weighted by atomic mass is 9.60. The number of carbonyl (C=O) groups excluding carboxylic acids is 7. The minimum Gasteiger partial charge on any atom is -0.466 e. The maximum atomic E-state index is 13.4. The standard InChI is InChI=1S/C47H68O17.C22H30O6/c1-10-11-12-13-14-15-39(51)62-43-31(22-41(53)58-9)21-34-25-37(28(2)48)61-42(54)24-32(50)23-35-26-38(59-29(3)49)45(6,7)46(55,63-35)27-36-19-30(20-40(52)57-8)18-33(60-36)16-17-44(4,5)47(43,56)64-34;1-11-6-16-20(26,18(11)25)9-14(10-23)7-15-17-19(4,5)21(17,28-13(3)24)8-12(2)22(15,16)27/h12-17,20,22,28,32-38,43,48,50,55-56H,10-11,18-19,21,23-27H2,1-9H3;6-7,12,15-17,23,26-27H,8-10H2,1-5H3/b13-12+,15-14+,17-16-,30-20+,31-22+;/t28-,32-,33?,34+,35-,36+,37-,38+,43+,46+,47-;12-,15+,16-,17-,20-,21+,22-/m11/s1. The molecule has 512 valence electrons. The fraction of sp³-hybridized carbons (Fsp3) is 0.696. The van der Waals surface area contributed by atoms with Crippen LogP contribution in [0.4, 0.5) is 0 Å². The molecule has 2 saturated carbocycles. The second-order valence-electron chi connectivity index (χ2n) is 28.2. The number of aliphatic hydroxyl groups is 7. The molecular formula is C69H98O23. The molecule has 7 N–H and O–H groups in total. The minimum atomic E-state index is -2.47. The zero-order valence-corrected chi connectivity index (χ0v) is 55.6. The lowest BCUT2D eigenvalue weighted by Gasteiger charge is -2.53. The van der Waals surface area contributed by atoms with Gasteiger partial charge in [0.2, 0.25) is 5.79 Å². The third-order valence-corrected chi connectivity index (χ3v) is 20.6. The zero-order chi connectivity index (χ0) is 68.5. The summed E-state index contributed by atoms with van der Waals surface area (Å²) in [6, 6.07) is 0. The number of cyclic esters (lactones) is 1. The Balaban J connectivity index is 0.000000352. The van der Waals surface area contributed by atoms with Crippen molar-refractivity contribution in [2.75, 3.05) is 20.8 Å². The molecule has 1 unspecified atom stereocenters. The summed E-state index contributed by atoms with van der Waals surface area (Å²) in [7, 11) is 2.40. The highest BCUT2D eigenvalue weighted by Gasteiger charge is 2.83. The molecule has 0 aromatic heterocycles. The number of ketones is 1. The summed E-state index contributed by atoms with van der Waals surface area (Å²) in [5.41, 5.74) is -5.24. The summed E-state index contributed by atoms with van der Waals surface area (Å²) < 4.78 is 52.5. The fourth-order valence-corrected chi connectivity index (χ4v) is 15.4. The van der Waals surface area contributed by atoms with Crippen molar-refractivity contribution in [3.63, 3.8) is 0 Å². The molecule has 8 aliphatic rings. The highest BCUT2D eigenvalue weighted by Crippen LogP contribution is 2.76. The number of esters is 6. The van der Waals surface area contributed by atoms with Gasteiger partial charge in [0.05, 0.1) is 74.9 Å². The highest BCUT2D eigenvalue weighted by atomic mass is 16.7. The van der Waals surface area contributed by atoms with Gasteiger partial charge in [-0.15, -0.1) is 0 Å². The molecule has 5 fully saturated rings. The van der Waals surface area contributed by atoms with Crippen LogP contribution in [0.25, 0.3) is 0 Å². The number of carbonyl (C=O) groups is 7. The van der Waals surface area contributed by atoms with Crippen LogP contribution < -0.4 is 0 Å². The number of unbranched alkanes of at least 4 members (excludes halogenated alkanes) is 1. The van der Waals surface area contributed by atoms with Gasteiger partial charge in [-0.2, -0.15) is 0 Å². The molecule has 0 radical (unpaired) electrons. The molecule has 4 aliphatic heterocycles. The predicted molar refractivity (Wildman–Crippen MR) is 329 cm³/mol. The number of aliphatic hydroxyl groups excluding tert-OH is 3. The summed E-state index contributed by atoms with van der Waals surface area (Å²) in [6.45, 7) is 19.9. The predicted octanol–water partition coefficient (Wildman–Crippen LogP) is 5.81. The van der Waals surface area contributed by atoms with E-state index in [0.717, 1.165) is 32.1 Å². The first kappa shape index (κ1) is 73.7. The highest BCUT2D eigenvalue weighted by molar-refractivity contribution is 6.05. The van der Waals surface area contributed by atoms with Crippen LogP contribution in [0.3, 0.4) is 0 Å². The van der Waals surface area contributed by atoms with E-state index in [1.807, 2.05) is 39.8 Å². The molecule has 23 heteroatoms. The topological polar surface area (TPSA) is 344 Å². The van der Waals surface area contributed by atoms with Gasteiger partial charge in [0.25, 0.3) is 0 Å². The molecule has 0 spiro atoms. The zero-order valence-electron chi connectivity index (χ0n) is 55.6. The Morgan fingerprint density at radius 3 is 2.09 bits per heavy atom. The van der Waals surface area contributed by atoms with Crippen molar-refractivity contribution in [1.29, 1.82) is 0 Å². The van der Waals surface area contributed by atoms with Gasteiger partial charge in [0, 0.05) is 92.8 Å². The maximum absolute atomic E-state index is 13.4. The molecule has 23 nitrogen and oxygen atoms in total. The molecule has 18 atom stereocenters. The maximum Gasteiger partial charge on any atom is 0.331 e. The molecule has 3 saturated heterocycles. The Kier molecular flexibility index (Phi) is 22.7. The number of fused-ring (bicyclic) bond motifs is 11. The van der Waals surface area contributed by atoms with Crippen molar-refractivity contribution in [2.45, 2.75) is 243 Å². The molecule has 0 aromatic rings. The molecule has 8 rings (SSSR count). The Morgan fingerprint density at radius 2 is 1.47 bits per heavy atom. The third kappa shape index (κ3) is 14.9. The van der Waals surface area contributed by atoms with Crippen molar-refractivity contribution in [3.8, 4) is 0 Å². The third-order valence-electron chi connectivity index (χ3n) is 20.6. The van der Waals surface area contributed by atoms with Gasteiger partial charge in [-0.25, -0.2) is 14.4 Å². The monoisotopic (exact) mass is 1290 g/mol. The van der Waals surface area contributed by atoms with Crippen LogP contribution in [0.15, 0.2) is 83.1 Å². The van der Waals surface area contributed by atoms with Gasteiger partial charge in [-0.1, -0.05) is 110 Å². The normalized spacial score (nSPS) is 39.7. The summed E-state index contributed by atoms with van der Waals surface area (Å²) >= 11 is 0. The Labute approximate surface area is 538 Å². The summed E-state index contributed by atoms with van der Waals surface area (Å²) in [6.07, 6.45) is 6.56. The van der Waals surface area contributed by atoms with E-state index in [2.05, 4.69) is 0 Å². The first-order valence-corrected chi connectivity index (χ1v) is 32.0. The molecule has 92 heavy (non-hydrogen) atoms. The number of methoxy groups -OCH3 is 2. The lowest BCUT2D eigenvalue weighted by Crippen LogP contribution is -2.62. The quantitative estimate of drug-likeness (QED) is 0.0422. The average Bonchev–Trinajstić information content (AvgIpc) is 1.48. The number of hydrogen-bond donors (Lipinski definition) is 7. The molecule has 0 aromatic carbocycles. The molecule has 0 amide bonds. The Bertz CT molecular complexity index is 3020.